The Labute approximate surface area is 517 Å². The van der Waals surface area contributed by atoms with E-state index in [0.717, 1.165) is 24.8 Å². The largest absolute Gasteiger partial charge is 1.00 e. The summed E-state index contributed by atoms with van der Waals surface area (Å²) in [7, 11) is -5.11. The number of ether oxygens (including phenoxy) is 10. The smallest absolute Gasteiger partial charge is 0.726 e. The van der Waals surface area contributed by atoms with Crippen molar-refractivity contribution in [2.45, 2.75) is 266 Å². The van der Waals surface area contributed by atoms with Gasteiger partial charge < -0.3 is 113 Å². The maximum atomic E-state index is 13.1. The zero-order valence-corrected chi connectivity index (χ0v) is 52.3. The zero-order valence-electron chi connectivity index (χ0n) is 49.5. The summed E-state index contributed by atoms with van der Waals surface area (Å²) in [5.41, 5.74) is 1.34. The minimum absolute atomic E-state index is 0. The Morgan fingerprint density at radius 3 is 1.79 bits per heavy atom. The number of allylic oxidation sites excluding steroid dienone is 4. The van der Waals surface area contributed by atoms with Gasteiger partial charge in [0.25, 0.3) is 0 Å². The van der Waals surface area contributed by atoms with Gasteiger partial charge in [-0.1, -0.05) is 38.0 Å². The molecule has 4 aliphatic carbocycles. The monoisotopic (exact) mass is 1250 g/mol. The fraction of sp³-hybridized carbons (Fsp3) is 0.911. The number of hydrogen-bond acceptors (Lipinski definition) is 27. The van der Waals surface area contributed by atoms with Crippen LogP contribution in [0.25, 0.3) is 0 Å². The summed E-state index contributed by atoms with van der Waals surface area (Å²) in [5, 5.41) is 133. The molecule has 0 amide bonds. The van der Waals surface area contributed by atoms with Gasteiger partial charge in [-0.3, -0.25) is 8.98 Å². The third-order valence-corrected chi connectivity index (χ3v) is 20.6. The first kappa shape index (κ1) is 70.0. The van der Waals surface area contributed by atoms with Gasteiger partial charge in [-0.2, -0.15) is 0 Å². The van der Waals surface area contributed by atoms with Crippen molar-refractivity contribution >= 4 is 16.2 Å². The molecule has 0 unspecified atom stereocenters. The van der Waals surface area contributed by atoms with E-state index in [-0.39, 0.29) is 77.3 Å². The zero-order chi connectivity index (χ0) is 61.4. The molecule has 85 heavy (non-hydrogen) atoms. The molecule has 0 bridgehead atoms. The predicted octanol–water partition coefficient (Wildman–Crippen LogP) is -5.21. The topological polar surface area (TPSA) is 419 Å². The van der Waals surface area contributed by atoms with E-state index in [1.165, 1.54) is 26.3 Å². The summed E-state index contributed by atoms with van der Waals surface area (Å²) in [6.45, 7) is 13.0. The number of aliphatic hydroxyl groups is 12. The van der Waals surface area contributed by atoms with E-state index in [4.69, 9.17) is 51.6 Å². The SMILES string of the molecule is CC(C)=CC(=O)C[C@@H](C)[C@H]1CC[C@H]2[C@@H]3C[C@H](O[C@@H]4O[C@H](C)[C@@H](O)[C@H](O[C@@H]5OC[C@@H](O[C@@H]6O[C@H](CO)[C@H](O)[C@H](O)[C@H]6O[C@@H]6O[C@H](C)[C@H](O)[C@H](O)[C@H]6O)[C@H](O)[C@H]5O[C@@H]5O[C@H](C)[C@@H](O)[C@H](O)[C@H]5O)[C@H]4O)[C@H]4C[C@@H](OS(=O)(=O)[O-])CC[C@]4(C)C3=CC[C@]12C.[Na+]. The molecule has 5 aliphatic heterocycles. The van der Waals surface area contributed by atoms with Gasteiger partial charge in [-0.05, 0) is 126 Å². The van der Waals surface area contributed by atoms with Crippen LogP contribution in [0, 0.1) is 40.4 Å². The van der Waals surface area contributed by atoms with Crippen molar-refractivity contribution in [3.05, 3.63) is 23.3 Å². The van der Waals surface area contributed by atoms with Crippen LogP contribution >= 0.6 is 0 Å². The summed E-state index contributed by atoms with van der Waals surface area (Å²) >= 11 is 0. The van der Waals surface area contributed by atoms with Crippen LogP contribution in [-0.4, -0.2) is 253 Å². The van der Waals surface area contributed by atoms with Crippen LogP contribution in [0.3, 0.4) is 0 Å². The standard InChI is InChI=1S/C56H90O27S.Na/c1-21(2)15-26(58)16-22(3)29-9-10-30-28-18-33(32-17-27(83-84(70,71)72)11-13-56(32,8)31(28)12-14-55(29,30)7)77-52-46(69)47(38(61)25(6)76-52)80-53-48(81-50-44(67)41(64)36(59)23(4)74-50)40(63)35(20-73-53)79-54-49(43(66)39(62)34(19-57)78-54)82-51-45(68)42(65)37(60)24(5)75-51;/h12,15,22-25,27-30,32-54,57,59-69H,9-11,13-14,16-20H2,1-8H3,(H,70,71,72);/q;+1/p-1/t22-,23-,24-,25-,27+,28+,29-,30+,32-,33+,34-,35-,36-,37+,38-,39+,40+,41+,42+,43+,44-,45-,46-,47+,48-,49-,50+,51+,52+,53+,54+,55-,56-;/m1./s1. The number of fused-ring (bicyclic) bond motifs is 5. The van der Waals surface area contributed by atoms with Crippen LogP contribution in [0.15, 0.2) is 23.3 Å². The molecule has 0 aromatic rings. The van der Waals surface area contributed by atoms with Crippen LogP contribution in [0.5, 0.6) is 0 Å². The molecular formula is C56H89NaO27S. The molecule has 0 spiro atoms. The Kier molecular flexibility index (Phi) is 22.9. The van der Waals surface area contributed by atoms with Crippen LogP contribution in [0.4, 0.5) is 0 Å². The fourth-order valence-electron chi connectivity index (χ4n) is 15.5. The second kappa shape index (κ2) is 27.8. The second-order valence-electron chi connectivity index (χ2n) is 25.9. The van der Waals surface area contributed by atoms with Crippen molar-refractivity contribution in [2.75, 3.05) is 13.2 Å². The van der Waals surface area contributed by atoms with Gasteiger partial charge in [-0.15, -0.1) is 0 Å². The molecule has 9 rings (SSSR count). The van der Waals surface area contributed by atoms with E-state index in [1.807, 2.05) is 13.8 Å². The summed E-state index contributed by atoms with van der Waals surface area (Å²) in [5.74, 6) is 0.00500. The van der Waals surface area contributed by atoms with E-state index >= 15 is 0 Å². The Morgan fingerprint density at radius 2 is 1.21 bits per heavy atom. The average molecular weight is 1250 g/mol. The van der Waals surface area contributed by atoms with Crippen LogP contribution in [-0.2, 0) is 66.7 Å². The van der Waals surface area contributed by atoms with Gasteiger partial charge in [0.1, 0.15) is 97.7 Å². The number of hydrogen-bond donors (Lipinski definition) is 12. The van der Waals surface area contributed by atoms with Gasteiger partial charge >= 0.3 is 29.6 Å². The third-order valence-electron chi connectivity index (χ3n) is 20.1. The van der Waals surface area contributed by atoms with E-state index < -0.39 is 195 Å². The van der Waals surface area contributed by atoms with Gasteiger partial charge in [-0.25, -0.2) is 8.42 Å². The van der Waals surface area contributed by atoms with Crippen molar-refractivity contribution in [2.24, 2.45) is 40.4 Å². The fourth-order valence-corrected chi connectivity index (χ4v) is 16.0. The maximum Gasteiger partial charge on any atom is 1.00 e. The quantitative estimate of drug-likeness (QED) is 0.0213. The number of carbonyl (C=O) groups is 1. The van der Waals surface area contributed by atoms with Crippen molar-refractivity contribution in [3.63, 3.8) is 0 Å². The summed E-state index contributed by atoms with van der Waals surface area (Å²) in [6, 6.07) is 0. The molecule has 27 nitrogen and oxygen atoms in total. The predicted molar refractivity (Wildman–Crippen MR) is 282 cm³/mol. The second-order valence-corrected chi connectivity index (χ2v) is 26.9. The average Bonchev–Trinajstić information content (AvgIpc) is 2.58. The van der Waals surface area contributed by atoms with Crippen LogP contribution in [0.1, 0.15) is 107 Å². The number of carbonyl (C=O) groups excluding carboxylic acids is 1. The van der Waals surface area contributed by atoms with Gasteiger partial charge in [0.05, 0.1) is 43.7 Å². The van der Waals surface area contributed by atoms with Gasteiger partial charge in [0.15, 0.2) is 37.2 Å². The normalized spacial score (nSPS) is 50.6. The van der Waals surface area contributed by atoms with Crippen LogP contribution < -0.4 is 29.6 Å². The number of ketones is 1. The molecule has 5 saturated heterocycles. The minimum atomic E-state index is -5.11. The Bertz CT molecular complexity index is 2440. The van der Waals surface area contributed by atoms with Crippen molar-refractivity contribution in [1.29, 1.82) is 0 Å². The van der Waals surface area contributed by atoms with E-state index in [0.29, 0.717) is 19.3 Å². The molecule has 12 N–H and O–H groups in total. The van der Waals surface area contributed by atoms with Gasteiger partial charge in [0.2, 0.25) is 10.4 Å². The molecule has 0 aromatic carbocycles. The van der Waals surface area contributed by atoms with E-state index in [2.05, 4.69) is 26.8 Å². The number of rotatable bonds is 17. The Hall–Kier alpha value is -0.860. The van der Waals surface area contributed by atoms with Crippen molar-refractivity contribution in [3.8, 4) is 0 Å². The molecule has 3 saturated carbocycles. The molecule has 0 aromatic heterocycles. The molecule has 33 atom stereocenters. The van der Waals surface area contributed by atoms with E-state index in [9.17, 15) is 79.0 Å². The van der Waals surface area contributed by atoms with Gasteiger partial charge in [0, 0.05) is 6.42 Å². The van der Waals surface area contributed by atoms with Crippen LogP contribution in [0.2, 0.25) is 0 Å². The molecule has 482 valence electrons. The summed E-state index contributed by atoms with van der Waals surface area (Å²) in [4.78, 5) is 13.1. The first-order valence-electron chi connectivity index (χ1n) is 29.5. The molecule has 0 radical (unpaired) electrons. The molecular weight excluding hydrogens is 1160 g/mol. The third kappa shape index (κ3) is 14.2. The van der Waals surface area contributed by atoms with Crippen molar-refractivity contribution in [1.82, 2.24) is 0 Å². The molecule has 8 fully saturated rings. The molecule has 5 heterocycles. The van der Waals surface area contributed by atoms with E-state index in [1.54, 1.807) is 6.08 Å². The molecule has 9 aliphatic rings. The summed E-state index contributed by atoms with van der Waals surface area (Å²) < 4.78 is 102. The minimum Gasteiger partial charge on any atom is -0.726 e. The number of aliphatic hydroxyl groups excluding tert-OH is 12. The Morgan fingerprint density at radius 1 is 0.659 bits per heavy atom. The summed E-state index contributed by atoms with van der Waals surface area (Å²) in [6.07, 6.45) is -34.4. The Balaban J connectivity index is 0.00000940. The first-order valence-corrected chi connectivity index (χ1v) is 30.8. The maximum absolute atomic E-state index is 13.1. The first-order chi connectivity index (χ1) is 39.4. The molecule has 29 heteroatoms. The van der Waals surface area contributed by atoms with Crippen molar-refractivity contribution < 1.29 is 160 Å².